The molecule has 0 heterocycles. The number of halogens is 3. The Morgan fingerprint density at radius 3 is 2.94 bits per heavy atom. The zero-order chi connectivity index (χ0) is 13.1. The highest BCUT2D eigenvalue weighted by atomic mass is 79.9. The largest absolute Gasteiger partial charge is 0.352 e. The predicted molar refractivity (Wildman–Crippen MR) is 73.4 cm³/mol. The maximum absolute atomic E-state index is 13.3. The molecule has 1 aliphatic rings. The van der Waals surface area contributed by atoms with Crippen molar-refractivity contribution in [2.24, 2.45) is 5.92 Å². The smallest absolute Gasteiger partial charge is 0.252 e. The van der Waals surface area contributed by atoms with Crippen molar-refractivity contribution in [3.63, 3.8) is 0 Å². The second-order valence-corrected chi connectivity index (χ2v) is 5.87. The molecular weight excluding hydrogens is 321 g/mol. The first-order valence-electron chi connectivity index (χ1n) is 5.96. The molecule has 98 valence electrons. The molecule has 1 N–H and O–H groups in total. The molecule has 2 rings (SSSR count). The van der Waals surface area contributed by atoms with Crippen LogP contribution in [0.2, 0.25) is 0 Å². The number of carbonyl (C=O) groups is 1. The van der Waals surface area contributed by atoms with Crippen molar-refractivity contribution in [3.05, 3.63) is 34.1 Å². The molecule has 1 saturated carbocycles. The van der Waals surface area contributed by atoms with Gasteiger partial charge >= 0.3 is 0 Å². The van der Waals surface area contributed by atoms with Crippen molar-refractivity contribution in [2.75, 3.05) is 6.54 Å². The third kappa shape index (κ3) is 3.04. The Bertz CT molecular complexity index is 455. The van der Waals surface area contributed by atoms with Crippen LogP contribution in [0.25, 0.3) is 0 Å². The maximum Gasteiger partial charge on any atom is 0.252 e. The Morgan fingerprint density at radius 1 is 1.50 bits per heavy atom. The average Bonchev–Trinajstić information content (AvgIpc) is 2.75. The van der Waals surface area contributed by atoms with E-state index in [1.807, 2.05) is 0 Å². The number of hydrogen-bond donors (Lipinski definition) is 1. The number of amides is 1. The molecule has 1 amide bonds. The van der Waals surface area contributed by atoms with Gasteiger partial charge in [-0.15, -0.1) is 11.6 Å². The lowest BCUT2D eigenvalue weighted by atomic mass is 10.1. The molecule has 18 heavy (non-hydrogen) atoms. The minimum absolute atomic E-state index is 0.140. The summed E-state index contributed by atoms with van der Waals surface area (Å²) in [4.78, 5) is 11.9. The Morgan fingerprint density at radius 2 is 2.28 bits per heavy atom. The molecule has 1 fully saturated rings. The monoisotopic (exact) mass is 333 g/mol. The molecule has 2 unspecified atom stereocenters. The molecule has 0 saturated heterocycles. The van der Waals surface area contributed by atoms with E-state index in [2.05, 4.69) is 21.2 Å². The van der Waals surface area contributed by atoms with E-state index in [-0.39, 0.29) is 15.8 Å². The summed E-state index contributed by atoms with van der Waals surface area (Å²) in [7, 11) is 0. The minimum Gasteiger partial charge on any atom is -0.352 e. The van der Waals surface area contributed by atoms with Gasteiger partial charge in [-0.3, -0.25) is 4.79 Å². The number of rotatable bonds is 3. The lowest BCUT2D eigenvalue weighted by Crippen LogP contribution is -2.31. The van der Waals surface area contributed by atoms with Crippen LogP contribution in [0.15, 0.2) is 22.7 Å². The SMILES string of the molecule is O=C(NCC1CCCC1Cl)c1cccc(F)c1Br. The topological polar surface area (TPSA) is 29.1 Å². The summed E-state index contributed by atoms with van der Waals surface area (Å²) in [5.74, 6) is -0.376. The van der Waals surface area contributed by atoms with Crippen molar-refractivity contribution in [2.45, 2.75) is 24.6 Å². The van der Waals surface area contributed by atoms with Crippen LogP contribution in [0, 0.1) is 11.7 Å². The zero-order valence-corrected chi connectivity index (χ0v) is 12.1. The summed E-state index contributed by atoms with van der Waals surface area (Å²) >= 11 is 9.23. The van der Waals surface area contributed by atoms with Crippen LogP contribution in [-0.2, 0) is 0 Å². The standard InChI is InChI=1S/C13H14BrClFNO/c14-12-9(4-2-6-11(12)16)13(18)17-7-8-3-1-5-10(8)15/h2,4,6,8,10H,1,3,5,7H2,(H,17,18). The summed E-state index contributed by atoms with van der Waals surface area (Å²) in [6.45, 7) is 0.552. The van der Waals surface area contributed by atoms with Crippen molar-refractivity contribution in [3.8, 4) is 0 Å². The number of carbonyl (C=O) groups excluding carboxylic acids is 1. The fourth-order valence-corrected chi connectivity index (χ4v) is 3.03. The maximum atomic E-state index is 13.3. The highest BCUT2D eigenvalue weighted by Gasteiger charge is 2.25. The molecule has 1 aromatic carbocycles. The quantitative estimate of drug-likeness (QED) is 0.839. The lowest BCUT2D eigenvalue weighted by molar-refractivity contribution is 0.0946. The highest BCUT2D eigenvalue weighted by molar-refractivity contribution is 9.10. The van der Waals surface area contributed by atoms with Crippen molar-refractivity contribution in [1.29, 1.82) is 0 Å². The second-order valence-electron chi connectivity index (χ2n) is 4.52. The second kappa shape index (κ2) is 6.02. The minimum atomic E-state index is -0.432. The van der Waals surface area contributed by atoms with E-state index in [0.29, 0.717) is 18.0 Å². The van der Waals surface area contributed by atoms with E-state index in [0.717, 1.165) is 19.3 Å². The van der Waals surface area contributed by atoms with Gasteiger partial charge in [0.25, 0.3) is 5.91 Å². The Labute approximate surface area is 119 Å². The molecule has 0 bridgehead atoms. The normalized spacial score (nSPS) is 23.1. The van der Waals surface area contributed by atoms with E-state index in [1.54, 1.807) is 6.07 Å². The van der Waals surface area contributed by atoms with Gasteiger partial charge in [0.05, 0.1) is 10.0 Å². The van der Waals surface area contributed by atoms with Gasteiger partial charge in [-0.25, -0.2) is 4.39 Å². The van der Waals surface area contributed by atoms with Crippen LogP contribution in [0.4, 0.5) is 4.39 Å². The number of hydrogen-bond acceptors (Lipinski definition) is 1. The van der Waals surface area contributed by atoms with Crippen LogP contribution in [-0.4, -0.2) is 17.8 Å². The third-order valence-electron chi connectivity index (χ3n) is 3.29. The van der Waals surface area contributed by atoms with E-state index in [9.17, 15) is 9.18 Å². The van der Waals surface area contributed by atoms with Crippen LogP contribution < -0.4 is 5.32 Å². The molecule has 1 aromatic rings. The number of alkyl halides is 1. The fourth-order valence-electron chi connectivity index (χ4n) is 2.22. The average molecular weight is 335 g/mol. The Hall–Kier alpha value is -0.610. The van der Waals surface area contributed by atoms with E-state index < -0.39 is 5.82 Å². The zero-order valence-electron chi connectivity index (χ0n) is 9.76. The van der Waals surface area contributed by atoms with Crippen LogP contribution in [0.3, 0.4) is 0 Å². The molecule has 0 aromatic heterocycles. The van der Waals surface area contributed by atoms with Crippen molar-refractivity contribution < 1.29 is 9.18 Å². The summed E-state index contributed by atoms with van der Waals surface area (Å²) in [5.41, 5.74) is 0.319. The molecule has 0 radical (unpaired) electrons. The molecule has 2 nitrogen and oxygen atoms in total. The van der Waals surface area contributed by atoms with Crippen molar-refractivity contribution in [1.82, 2.24) is 5.32 Å². The fraction of sp³-hybridized carbons (Fsp3) is 0.462. The molecule has 2 atom stereocenters. The number of benzene rings is 1. The molecule has 0 spiro atoms. The van der Waals surface area contributed by atoms with Crippen LogP contribution in [0.5, 0.6) is 0 Å². The molecular formula is C13H14BrClFNO. The first-order valence-corrected chi connectivity index (χ1v) is 7.19. The van der Waals surface area contributed by atoms with Gasteiger partial charge in [-0.2, -0.15) is 0 Å². The van der Waals surface area contributed by atoms with Crippen molar-refractivity contribution >= 4 is 33.4 Å². The summed E-state index contributed by atoms with van der Waals surface area (Å²) < 4.78 is 13.5. The first-order chi connectivity index (χ1) is 8.59. The molecule has 5 heteroatoms. The summed E-state index contributed by atoms with van der Waals surface area (Å²) in [6.07, 6.45) is 3.16. The van der Waals surface area contributed by atoms with Gasteiger partial charge in [-0.1, -0.05) is 12.5 Å². The predicted octanol–water partition coefficient (Wildman–Crippen LogP) is 3.73. The Balaban J connectivity index is 1.97. The van der Waals surface area contributed by atoms with Gasteiger partial charge < -0.3 is 5.32 Å². The molecule has 1 aliphatic carbocycles. The highest BCUT2D eigenvalue weighted by Crippen LogP contribution is 2.29. The van der Waals surface area contributed by atoms with Gasteiger partial charge in [-0.05, 0) is 46.8 Å². The van der Waals surface area contributed by atoms with E-state index in [4.69, 9.17) is 11.6 Å². The number of nitrogens with one attached hydrogen (secondary N) is 1. The van der Waals surface area contributed by atoms with Gasteiger partial charge in [0.1, 0.15) is 5.82 Å². The van der Waals surface area contributed by atoms with Gasteiger partial charge in [0, 0.05) is 11.9 Å². The van der Waals surface area contributed by atoms with E-state index >= 15 is 0 Å². The lowest BCUT2D eigenvalue weighted by Gasteiger charge is -2.14. The van der Waals surface area contributed by atoms with Crippen LogP contribution >= 0.6 is 27.5 Å². The Kier molecular flexibility index (Phi) is 4.62. The third-order valence-corrected chi connectivity index (χ3v) is 4.67. The summed E-state index contributed by atoms with van der Waals surface area (Å²) in [5, 5.41) is 2.96. The van der Waals surface area contributed by atoms with Gasteiger partial charge in [0.2, 0.25) is 0 Å². The first kappa shape index (κ1) is 13.8. The van der Waals surface area contributed by atoms with Gasteiger partial charge in [0.15, 0.2) is 0 Å². The van der Waals surface area contributed by atoms with Crippen LogP contribution in [0.1, 0.15) is 29.6 Å². The van der Waals surface area contributed by atoms with E-state index in [1.165, 1.54) is 12.1 Å². The molecule has 0 aliphatic heterocycles. The summed E-state index contributed by atoms with van der Waals surface area (Å²) in [6, 6.07) is 4.43.